The van der Waals surface area contributed by atoms with Crippen molar-refractivity contribution >= 4 is 24.5 Å². The molecule has 4 nitrogen and oxygen atoms in total. The van der Waals surface area contributed by atoms with Gasteiger partial charge in [0.15, 0.2) is 0 Å². The van der Waals surface area contributed by atoms with Gasteiger partial charge in [0, 0.05) is 9.75 Å². The van der Waals surface area contributed by atoms with Crippen LogP contribution in [0.4, 0.5) is 0 Å². The van der Waals surface area contributed by atoms with Gasteiger partial charge in [-0.1, -0.05) is 12.7 Å². The van der Waals surface area contributed by atoms with Gasteiger partial charge < -0.3 is 0 Å². The van der Waals surface area contributed by atoms with Crippen LogP contribution >= 0.6 is 11.3 Å². The Morgan fingerprint density at radius 1 is 1.44 bits per heavy atom. The highest BCUT2D eigenvalue weighted by molar-refractivity contribution is 7.11. The molecular weight excluding hydrogens is 246 g/mol. The minimum absolute atomic E-state index is 0.439. The molecule has 0 aliphatic heterocycles. The van der Waals surface area contributed by atoms with E-state index < -0.39 is 0 Å². The maximum absolute atomic E-state index is 9.77. The molecule has 98 valence electrons. The SMILES string of the molecule is C=C/C=C(/CNNC=O)N=C.Cc1ccc(C)s1. The molecule has 0 fully saturated rings. The van der Waals surface area contributed by atoms with Crippen LogP contribution in [0.3, 0.4) is 0 Å². The van der Waals surface area contributed by atoms with Crippen LogP contribution in [0.5, 0.6) is 0 Å². The van der Waals surface area contributed by atoms with Gasteiger partial charge in [-0.3, -0.25) is 15.2 Å². The Bertz CT molecular complexity index is 394. The van der Waals surface area contributed by atoms with Crippen LogP contribution in [0.25, 0.3) is 0 Å². The molecule has 1 aromatic rings. The first kappa shape index (κ1) is 16.3. The fourth-order valence-corrected chi connectivity index (χ4v) is 1.82. The second-order valence-electron chi connectivity index (χ2n) is 3.32. The number of hydrogen-bond acceptors (Lipinski definition) is 4. The molecule has 1 rings (SSSR count). The maximum atomic E-state index is 9.77. The Balaban J connectivity index is 0.000000351. The summed E-state index contributed by atoms with van der Waals surface area (Å²) < 4.78 is 0. The monoisotopic (exact) mass is 265 g/mol. The van der Waals surface area contributed by atoms with Crippen molar-refractivity contribution in [1.29, 1.82) is 0 Å². The Labute approximate surface area is 112 Å². The van der Waals surface area contributed by atoms with Crippen LogP contribution < -0.4 is 10.9 Å². The molecule has 0 aliphatic rings. The molecule has 5 heteroatoms. The predicted octanol–water partition coefficient (Wildman–Crippen LogP) is 2.37. The van der Waals surface area contributed by atoms with E-state index >= 15 is 0 Å². The molecule has 0 saturated carbocycles. The van der Waals surface area contributed by atoms with Crippen molar-refractivity contribution in [3.8, 4) is 0 Å². The topological polar surface area (TPSA) is 53.5 Å². The third-order valence-electron chi connectivity index (χ3n) is 1.82. The molecule has 0 spiro atoms. The molecular formula is C13H19N3OS. The number of aliphatic imine (C=N–C) groups is 1. The van der Waals surface area contributed by atoms with Crippen LogP contribution in [0.15, 0.2) is 41.6 Å². The number of carbonyl (C=O) groups excluding carboxylic acids is 1. The number of aryl methyl sites for hydroxylation is 2. The normalized spacial score (nSPS) is 10.0. The zero-order valence-corrected chi connectivity index (χ0v) is 11.6. The van der Waals surface area contributed by atoms with E-state index in [0.29, 0.717) is 18.7 Å². The van der Waals surface area contributed by atoms with Gasteiger partial charge >= 0.3 is 0 Å². The zero-order valence-electron chi connectivity index (χ0n) is 10.8. The average molecular weight is 265 g/mol. The second-order valence-corrected chi connectivity index (χ2v) is 4.82. The lowest BCUT2D eigenvalue weighted by Crippen LogP contribution is -2.31. The molecule has 0 aromatic carbocycles. The number of nitrogens with one attached hydrogen (secondary N) is 2. The number of hydrogen-bond donors (Lipinski definition) is 2. The van der Waals surface area contributed by atoms with E-state index in [2.05, 4.69) is 55.1 Å². The Kier molecular flexibility index (Phi) is 9.44. The molecule has 0 atom stereocenters. The molecule has 0 radical (unpaired) electrons. The standard InChI is InChI=1S/C7H11N3O.C6H8S/c1-3-4-7(8-2)5-9-10-6-11;1-5-3-4-6(2)7-5/h3-4,6,9H,1-2,5H2,(H,10,11);3-4H,1-2H3/b7-4-;. The first-order valence-corrected chi connectivity index (χ1v) is 6.19. The maximum Gasteiger partial charge on any atom is 0.221 e. The first-order chi connectivity index (χ1) is 8.63. The summed E-state index contributed by atoms with van der Waals surface area (Å²) in [5, 5.41) is 0. The molecule has 2 N–H and O–H groups in total. The minimum atomic E-state index is 0.439. The lowest BCUT2D eigenvalue weighted by atomic mass is 10.4. The summed E-state index contributed by atoms with van der Waals surface area (Å²) in [5.41, 5.74) is 5.60. The highest BCUT2D eigenvalue weighted by atomic mass is 32.1. The van der Waals surface area contributed by atoms with E-state index in [9.17, 15) is 4.79 Å². The first-order valence-electron chi connectivity index (χ1n) is 5.37. The van der Waals surface area contributed by atoms with E-state index in [4.69, 9.17) is 0 Å². The summed E-state index contributed by atoms with van der Waals surface area (Å²) in [6.07, 6.45) is 3.85. The van der Waals surface area contributed by atoms with Crippen LogP contribution in [0, 0.1) is 13.8 Å². The van der Waals surface area contributed by atoms with Crippen LogP contribution in [-0.2, 0) is 4.79 Å². The number of amides is 1. The van der Waals surface area contributed by atoms with Crippen molar-refractivity contribution in [2.45, 2.75) is 13.8 Å². The molecule has 0 bridgehead atoms. The summed E-state index contributed by atoms with van der Waals surface area (Å²) in [4.78, 5) is 16.2. The molecule has 0 unspecified atom stereocenters. The smallest absolute Gasteiger partial charge is 0.221 e. The fourth-order valence-electron chi connectivity index (χ4n) is 1.04. The van der Waals surface area contributed by atoms with Gasteiger partial charge in [0.1, 0.15) is 0 Å². The lowest BCUT2D eigenvalue weighted by molar-refractivity contribution is -0.110. The van der Waals surface area contributed by atoms with Crippen molar-refractivity contribution in [3.63, 3.8) is 0 Å². The molecule has 0 saturated heterocycles. The number of nitrogens with zero attached hydrogens (tertiary/aromatic N) is 1. The predicted molar refractivity (Wildman–Crippen MR) is 78.8 cm³/mol. The Morgan fingerprint density at radius 3 is 2.39 bits per heavy atom. The van der Waals surface area contributed by atoms with E-state index in [1.807, 2.05) is 11.3 Å². The third kappa shape index (κ3) is 8.43. The summed E-state index contributed by atoms with van der Waals surface area (Å²) in [5.74, 6) is 0. The second kappa shape index (κ2) is 10.4. The molecule has 0 aliphatic carbocycles. The highest BCUT2D eigenvalue weighted by Crippen LogP contribution is 2.12. The Morgan fingerprint density at radius 2 is 2.06 bits per heavy atom. The average Bonchev–Trinajstić information content (AvgIpc) is 2.73. The van der Waals surface area contributed by atoms with Gasteiger partial charge in [0.25, 0.3) is 0 Å². The van der Waals surface area contributed by atoms with Gasteiger partial charge in [-0.2, -0.15) is 0 Å². The van der Waals surface area contributed by atoms with Gasteiger partial charge in [0.2, 0.25) is 6.41 Å². The summed E-state index contributed by atoms with van der Waals surface area (Å²) >= 11 is 1.84. The minimum Gasteiger partial charge on any atom is -0.294 e. The molecule has 1 amide bonds. The van der Waals surface area contributed by atoms with E-state index in [1.165, 1.54) is 9.75 Å². The summed E-state index contributed by atoms with van der Waals surface area (Å²) in [7, 11) is 0. The van der Waals surface area contributed by atoms with Crippen LogP contribution in [0.2, 0.25) is 0 Å². The van der Waals surface area contributed by atoms with Crippen molar-refractivity contribution in [2.24, 2.45) is 4.99 Å². The largest absolute Gasteiger partial charge is 0.294 e. The van der Waals surface area contributed by atoms with Gasteiger partial charge in [-0.15, -0.1) is 11.3 Å². The van der Waals surface area contributed by atoms with E-state index in [1.54, 1.807) is 12.2 Å². The van der Waals surface area contributed by atoms with Crippen LogP contribution in [-0.4, -0.2) is 19.7 Å². The summed E-state index contributed by atoms with van der Waals surface area (Å²) in [6, 6.07) is 4.28. The van der Waals surface area contributed by atoms with Crippen molar-refractivity contribution in [3.05, 3.63) is 46.3 Å². The van der Waals surface area contributed by atoms with Crippen molar-refractivity contribution in [2.75, 3.05) is 6.54 Å². The molecule has 1 aromatic heterocycles. The van der Waals surface area contributed by atoms with Gasteiger partial charge in [0.05, 0.1) is 12.2 Å². The number of thiophene rings is 1. The number of rotatable bonds is 6. The van der Waals surface area contributed by atoms with Crippen LogP contribution in [0.1, 0.15) is 9.75 Å². The molecule has 18 heavy (non-hydrogen) atoms. The van der Waals surface area contributed by atoms with Crippen molar-refractivity contribution < 1.29 is 4.79 Å². The summed E-state index contributed by atoms with van der Waals surface area (Å²) in [6.45, 7) is 11.5. The third-order valence-corrected chi connectivity index (χ3v) is 2.73. The number of carbonyl (C=O) groups is 1. The highest BCUT2D eigenvalue weighted by Gasteiger charge is 1.88. The number of allylic oxidation sites excluding steroid dienone is 2. The lowest BCUT2D eigenvalue weighted by Gasteiger charge is -2.00. The van der Waals surface area contributed by atoms with Gasteiger partial charge in [-0.25, -0.2) is 5.43 Å². The van der Waals surface area contributed by atoms with E-state index in [-0.39, 0.29) is 0 Å². The number of hydrazine groups is 1. The quantitative estimate of drug-likeness (QED) is 0.273. The van der Waals surface area contributed by atoms with Crippen molar-refractivity contribution in [1.82, 2.24) is 10.9 Å². The zero-order chi connectivity index (χ0) is 13.8. The molecule has 1 heterocycles. The van der Waals surface area contributed by atoms with E-state index in [0.717, 1.165) is 0 Å². The van der Waals surface area contributed by atoms with Gasteiger partial charge in [-0.05, 0) is 38.8 Å². The fraction of sp³-hybridized carbons (Fsp3) is 0.231. The Hall–Kier alpha value is -1.72.